The fourth-order valence-electron chi connectivity index (χ4n) is 9.36. The molecule has 0 radical (unpaired) electrons. The van der Waals surface area contributed by atoms with Crippen LogP contribution in [0.5, 0.6) is 0 Å². The van der Waals surface area contributed by atoms with E-state index in [0.29, 0.717) is 5.41 Å². The standard InChI is InChI=1S/C27H40/c1-17(2)23-13-24(21-6-4-3-5-7-21)26-12-22(11-25(23)26)27-14-18-8-19(15-27)10-20(9-18)16-27/h11,17-21,23-24H,3-10,12-16H2,1-2H3. The second-order valence-corrected chi connectivity index (χ2v) is 12.1. The Morgan fingerprint density at radius 3 is 2.07 bits per heavy atom. The van der Waals surface area contributed by atoms with Crippen LogP contribution in [0.4, 0.5) is 0 Å². The van der Waals surface area contributed by atoms with Gasteiger partial charge in [-0.2, -0.15) is 0 Å². The van der Waals surface area contributed by atoms with E-state index < -0.39 is 0 Å². The Morgan fingerprint density at radius 1 is 0.852 bits per heavy atom. The lowest BCUT2D eigenvalue weighted by Gasteiger charge is -2.57. The monoisotopic (exact) mass is 364 g/mol. The van der Waals surface area contributed by atoms with Crippen LogP contribution < -0.4 is 0 Å². The Hall–Kier alpha value is -0.520. The van der Waals surface area contributed by atoms with E-state index in [9.17, 15) is 0 Å². The summed E-state index contributed by atoms with van der Waals surface area (Å²) >= 11 is 0. The molecule has 5 saturated carbocycles. The minimum Gasteiger partial charge on any atom is -0.0622 e. The number of rotatable bonds is 3. The van der Waals surface area contributed by atoms with Crippen molar-refractivity contribution in [3.63, 3.8) is 0 Å². The highest BCUT2D eigenvalue weighted by molar-refractivity contribution is 5.48. The largest absolute Gasteiger partial charge is 0.0622 e. The van der Waals surface area contributed by atoms with E-state index in [2.05, 4.69) is 19.9 Å². The van der Waals surface area contributed by atoms with E-state index in [1.54, 1.807) is 38.5 Å². The minimum absolute atomic E-state index is 0.651. The Kier molecular flexibility index (Phi) is 4.01. The molecule has 0 nitrogen and oxygen atoms in total. The van der Waals surface area contributed by atoms with E-state index in [4.69, 9.17) is 0 Å². The molecule has 0 heteroatoms. The van der Waals surface area contributed by atoms with Crippen LogP contribution in [0.25, 0.3) is 0 Å². The summed E-state index contributed by atoms with van der Waals surface area (Å²) in [7, 11) is 0. The summed E-state index contributed by atoms with van der Waals surface area (Å²) in [6.07, 6.45) is 22.7. The first-order valence-corrected chi connectivity index (χ1v) is 12.6. The van der Waals surface area contributed by atoms with Crippen molar-refractivity contribution >= 4 is 0 Å². The van der Waals surface area contributed by atoms with Gasteiger partial charge in [0.05, 0.1) is 0 Å². The first kappa shape index (κ1) is 17.3. The maximum absolute atomic E-state index is 2.83. The molecule has 148 valence electrons. The SMILES string of the molecule is CC(C)C1CC(C2CCCCC2)C2=C1C=C(C13CC4CC(CC(C4)C1)C3)C2. The molecule has 0 aromatic rings. The smallest absolute Gasteiger partial charge is 0.00737 e. The van der Waals surface area contributed by atoms with Crippen molar-refractivity contribution in [2.24, 2.45) is 46.8 Å². The number of hydrogen-bond acceptors (Lipinski definition) is 0. The topological polar surface area (TPSA) is 0 Å². The van der Waals surface area contributed by atoms with Gasteiger partial charge < -0.3 is 0 Å². The molecule has 0 aromatic carbocycles. The van der Waals surface area contributed by atoms with Gasteiger partial charge in [-0.15, -0.1) is 0 Å². The van der Waals surface area contributed by atoms with Gasteiger partial charge >= 0.3 is 0 Å². The van der Waals surface area contributed by atoms with Crippen molar-refractivity contribution in [3.05, 3.63) is 22.8 Å². The van der Waals surface area contributed by atoms with Crippen LogP contribution in [0.1, 0.15) is 97.3 Å². The molecule has 27 heavy (non-hydrogen) atoms. The molecule has 0 amide bonds. The van der Waals surface area contributed by atoms with Crippen LogP contribution in [0.15, 0.2) is 22.8 Å². The highest BCUT2D eigenvalue weighted by Gasteiger charge is 2.54. The molecule has 0 heterocycles. The fraction of sp³-hybridized carbons (Fsp3) is 0.852. The Labute approximate surface area is 167 Å². The molecule has 2 unspecified atom stereocenters. The molecule has 0 aliphatic heterocycles. The van der Waals surface area contributed by atoms with Crippen LogP contribution >= 0.6 is 0 Å². The molecule has 0 spiro atoms. The zero-order valence-corrected chi connectivity index (χ0v) is 17.8. The molecule has 7 aliphatic rings. The zero-order valence-electron chi connectivity index (χ0n) is 17.8. The lowest BCUT2D eigenvalue weighted by Crippen LogP contribution is -2.46. The van der Waals surface area contributed by atoms with Crippen LogP contribution in [0.3, 0.4) is 0 Å². The van der Waals surface area contributed by atoms with Crippen molar-refractivity contribution in [2.45, 2.75) is 97.3 Å². The summed E-state index contributed by atoms with van der Waals surface area (Å²) in [5, 5.41) is 0. The van der Waals surface area contributed by atoms with Gasteiger partial charge in [0.1, 0.15) is 0 Å². The summed E-state index contributed by atoms with van der Waals surface area (Å²) in [6, 6.07) is 0. The van der Waals surface area contributed by atoms with Crippen LogP contribution in [0, 0.1) is 46.8 Å². The predicted molar refractivity (Wildman–Crippen MR) is 113 cm³/mol. The van der Waals surface area contributed by atoms with E-state index in [-0.39, 0.29) is 0 Å². The van der Waals surface area contributed by atoms with Gasteiger partial charge in [0.2, 0.25) is 0 Å². The van der Waals surface area contributed by atoms with Crippen molar-refractivity contribution in [1.29, 1.82) is 0 Å². The number of allylic oxidation sites excluding steroid dienone is 4. The lowest BCUT2D eigenvalue weighted by molar-refractivity contribution is -0.0315. The molecular weight excluding hydrogens is 324 g/mol. The van der Waals surface area contributed by atoms with Gasteiger partial charge in [0.15, 0.2) is 0 Å². The third-order valence-corrected chi connectivity index (χ3v) is 10.2. The maximum Gasteiger partial charge on any atom is -0.00737 e. The van der Waals surface area contributed by atoms with Gasteiger partial charge in [0, 0.05) is 0 Å². The molecule has 4 bridgehead atoms. The summed E-state index contributed by atoms with van der Waals surface area (Å²) < 4.78 is 0. The highest BCUT2D eigenvalue weighted by Crippen LogP contribution is 2.66. The van der Waals surface area contributed by atoms with Crippen LogP contribution in [0.2, 0.25) is 0 Å². The Morgan fingerprint density at radius 2 is 1.48 bits per heavy atom. The van der Waals surface area contributed by atoms with E-state index in [0.717, 1.165) is 41.4 Å². The average Bonchev–Trinajstić information content (AvgIpc) is 3.21. The number of hydrogen-bond donors (Lipinski definition) is 0. The second-order valence-electron chi connectivity index (χ2n) is 12.1. The average molecular weight is 365 g/mol. The summed E-state index contributed by atoms with van der Waals surface area (Å²) in [5.41, 5.74) is 6.42. The van der Waals surface area contributed by atoms with Gasteiger partial charge in [-0.1, -0.05) is 50.3 Å². The minimum atomic E-state index is 0.651. The van der Waals surface area contributed by atoms with Crippen molar-refractivity contribution in [2.75, 3.05) is 0 Å². The molecule has 7 aliphatic carbocycles. The van der Waals surface area contributed by atoms with Gasteiger partial charge in [0.25, 0.3) is 0 Å². The first-order valence-electron chi connectivity index (χ1n) is 12.6. The molecule has 0 saturated heterocycles. The molecule has 0 aromatic heterocycles. The summed E-state index contributed by atoms with van der Waals surface area (Å²) in [6.45, 7) is 4.99. The third kappa shape index (κ3) is 2.67. The van der Waals surface area contributed by atoms with Gasteiger partial charge in [-0.3, -0.25) is 0 Å². The Bertz CT molecular complexity index is 633. The molecule has 0 N–H and O–H groups in total. The molecule has 2 atom stereocenters. The molecule has 7 rings (SSSR count). The summed E-state index contributed by atoms with van der Waals surface area (Å²) in [5.74, 6) is 6.94. The quantitative estimate of drug-likeness (QED) is 0.481. The Balaban J connectivity index is 1.30. The normalized spacial score (nSPS) is 46.5. The van der Waals surface area contributed by atoms with Crippen molar-refractivity contribution < 1.29 is 0 Å². The van der Waals surface area contributed by atoms with E-state index >= 15 is 0 Å². The van der Waals surface area contributed by atoms with E-state index in [1.807, 2.05) is 16.7 Å². The van der Waals surface area contributed by atoms with Gasteiger partial charge in [-0.05, 0) is 117 Å². The fourth-order valence-corrected chi connectivity index (χ4v) is 9.36. The van der Waals surface area contributed by atoms with E-state index in [1.165, 1.54) is 44.9 Å². The predicted octanol–water partition coefficient (Wildman–Crippen LogP) is 7.70. The summed E-state index contributed by atoms with van der Waals surface area (Å²) in [4.78, 5) is 0. The highest BCUT2D eigenvalue weighted by atomic mass is 14.6. The first-order chi connectivity index (χ1) is 13.1. The maximum atomic E-state index is 2.83. The molecular formula is C27H40. The van der Waals surface area contributed by atoms with Gasteiger partial charge in [-0.25, -0.2) is 0 Å². The lowest BCUT2D eigenvalue weighted by atomic mass is 9.47. The third-order valence-electron chi connectivity index (χ3n) is 10.2. The second kappa shape index (κ2) is 6.24. The zero-order chi connectivity index (χ0) is 18.2. The van der Waals surface area contributed by atoms with Crippen LogP contribution in [-0.4, -0.2) is 0 Å². The molecule has 5 fully saturated rings. The van der Waals surface area contributed by atoms with Crippen LogP contribution in [-0.2, 0) is 0 Å². The van der Waals surface area contributed by atoms with Crippen molar-refractivity contribution in [3.8, 4) is 0 Å². The van der Waals surface area contributed by atoms with Crippen molar-refractivity contribution in [1.82, 2.24) is 0 Å².